The number of imidazole rings is 1. The van der Waals surface area contributed by atoms with Crippen LogP contribution in [0, 0.1) is 0 Å². The number of hydrogen-bond acceptors (Lipinski definition) is 6. The molecule has 0 saturated carbocycles. The van der Waals surface area contributed by atoms with Crippen LogP contribution in [0.3, 0.4) is 0 Å². The fourth-order valence-corrected chi connectivity index (χ4v) is 4.76. The van der Waals surface area contributed by atoms with Crippen molar-refractivity contribution in [1.29, 1.82) is 0 Å². The van der Waals surface area contributed by atoms with Crippen molar-refractivity contribution in [2.24, 2.45) is 7.05 Å². The van der Waals surface area contributed by atoms with Crippen molar-refractivity contribution in [2.45, 2.75) is 31.7 Å². The maximum Gasteiger partial charge on any atom is 0.290 e. The van der Waals surface area contributed by atoms with E-state index in [-0.39, 0.29) is 12.4 Å². The van der Waals surface area contributed by atoms with Crippen LogP contribution in [0.1, 0.15) is 40.5 Å². The van der Waals surface area contributed by atoms with Gasteiger partial charge >= 0.3 is 0 Å². The normalized spacial score (nSPS) is 16.5. The maximum atomic E-state index is 8.36. The topological polar surface area (TPSA) is 113 Å². The van der Waals surface area contributed by atoms with Crippen LogP contribution in [-0.4, -0.2) is 47.8 Å². The molecule has 2 N–H and O–H groups in total. The monoisotopic (exact) mass is 443 g/mol. The summed E-state index contributed by atoms with van der Waals surface area (Å²) in [6, 6.07) is 10.3. The summed E-state index contributed by atoms with van der Waals surface area (Å²) in [6.45, 7) is 1.37. The molecule has 0 bridgehead atoms. The van der Waals surface area contributed by atoms with Crippen molar-refractivity contribution in [3.63, 3.8) is 0 Å². The van der Waals surface area contributed by atoms with Gasteiger partial charge in [0.15, 0.2) is 5.82 Å². The Kier molecular flexibility index (Phi) is 5.60. The second kappa shape index (κ2) is 8.85. The summed E-state index contributed by atoms with van der Waals surface area (Å²) in [5.74, 6) is 2.06. The quantitative estimate of drug-likeness (QED) is 0.468. The van der Waals surface area contributed by atoms with Gasteiger partial charge < -0.3 is 15.0 Å². The molecule has 1 aliphatic heterocycles. The molecule has 0 fully saturated rings. The first-order chi connectivity index (χ1) is 16.2. The van der Waals surface area contributed by atoms with Crippen molar-refractivity contribution in [3.8, 4) is 11.4 Å². The van der Waals surface area contributed by atoms with Gasteiger partial charge in [-0.05, 0) is 19.3 Å². The number of aryl methyl sites for hydroxylation is 2. The summed E-state index contributed by atoms with van der Waals surface area (Å²) in [5.41, 5.74) is 7.03. The highest BCUT2D eigenvalue weighted by Crippen LogP contribution is 2.37. The van der Waals surface area contributed by atoms with Crippen molar-refractivity contribution < 1.29 is 9.90 Å². The summed E-state index contributed by atoms with van der Waals surface area (Å²) >= 11 is 0. The largest absolute Gasteiger partial charge is 0.483 e. The van der Waals surface area contributed by atoms with E-state index in [0.29, 0.717) is 0 Å². The van der Waals surface area contributed by atoms with E-state index in [2.05, 4.69) is 38.3 Å². The number of H-pyrrole nitrogens is 1. The van der Waals surface area contributed by atoms with Gasteiger partial charge in [0, 0.05) is 48.1 Å². The van der Waals surface area contributed by atoms with E-state index in [1.54, 1.807) is 6.33 Å². The summed E-state index contributed by atoms with van der Waals surface area (Å²) in [5, 5.41) is 11.3. The highest BCUT2D eigenvalue weighted by molar-refractivity contribution is 5.62. The number of benzene rings is 1. The van der Waals surface area contributed by atoms with Crippen LogP contribution in [0.5, 0.6) is 0 Å². The van der Waals surface area contributed by atoms with Gasteiger partial charge in [-0.3, -0.25) is 9.48 Å². The molecule has 1 aromatic carbocycles. The average molecular weight is 444 g/mol. The van der Waals surface area contributed by atoms with Crippen LogP contribution >= 0.6 is 0 Å². The smallest absolute Gasteiger partial charge is 0.290 e. The number of carbonyl (C=O) groups is 1. The van der Waals surface area contributed by atoms with Gasteiger partial charge in [-0.25, -0.2) is 15.0 Å². The molecule has 1 unspecified atom stereocenters. The lowest BCUT2D eigenvalue weighted by atomic mass is 9.93. The Morgan fingerprint density at radius 1 is 1.18 bits per heavy atom. The molecule has 0 saturated heterocycles. The zero-order valence-corrected chi connectivity index (χ0v) is 18.3. The SMILES string of the molecule is Cn1cc(C2CN(c3nc(-c4ccccc4)nc4c3CCC4)Cc3[nH]cnc32)cn1.O=CO. The lowest BCUT2D eigenvalue weighted by Gasteiger charge is -2.33. The molecule has 2 aliphatic rings. The lowest BCUT2D eigenvalue weighted by molar-refractivity contribution is -0.122. The van der Waals surface area contributed by atoms with Gasteiger partial charge in [-0.2, -0.15) is 5.10 Å². The third-order valence-corrected chi connectivity index (χ3v) is 6.20. The maximum absolute atomic E-state index is 8.36. The van der Waals surface area contributed by atoms with Crippen molar-refractivity contribution >= 4 is 12.3 Å². The van der Waals surface area contributed by atoms with Crippen LogP contribution < -0.4 is 4.90 Å². The first-order valence-corrected chi connectivity index (χ1v) is 11.0. The van der Waals surface area contributed by atoms with Crippen LogP contribution in [0.25, 0.3) is 11.4 Å². The van der Waals surface area contributed by atoms with Gasteiger partial charge in [-0.1, -0.05) is 30.3 Å². The van der Waals surface area contributed by atoms with Crippen molar-refractivity contribution in [1.82, 2.24) is 29.7 Å². The van der Waals surface area contributed by atoms with Gasteiger partial charge in [0.05, 0.1) is 30.5 Å². The number of nitrogens with zero attached hydrogens (tertiary/aromatic N) is 6. The van der Waals surface area contributed by atoms with E-state index in [4.69, 9.17) is 19.9 Å². The summed E-state index contributed by atoms with van der Waals surface area (Å²) in [6.07, 6.45) is 9.06. The van der Waals surface area contributed by atoms with Crippen LogP contribution in [0.15, 0.2) is 49.1 Å². The van der Waals surface area contributed by atoms with Crippen molar-refractivity contribution in [2.75, 3.05) is 11.4 Å². The average Bonchev–Trinajstić information content (AvgIpc) is 3.59. The molecule has 9 nitrogen and oxygen atoms in total. The molecule has 9 heteroatoms. The molecule has 33 heavy (non-hydrogen) atoms. The Balaban J connectivity index is 0.000000724. The first-order valence-electron chi connectivity index (χ1n) is 11.0. The zero-order chi connectivity index (χ0) is 22.8. The summed E-state index contributed by atoms with van der Waals surface area (Å²) < 4.78 is 1.86. The second-order valence-corrected chi connectivity index (χ2v) is 8.27. The molecule has 168 valence electrons. The van der Waals surface area contributed by atoms with Gasteiger partial charge in [-0.15, -0.1) is 0 Å². The Morgan fingerprint density at radius 3 is 2.76 bits per heavy atom. The molecule has 3 aromatic heterocycles. The van der Waals surface area contributed by atoms with Crippen LogP contribution in [0.4, 0.5) is 5.82 Å². The summed E-state index contributed by atoms with van der Waals surface area (Å²) in [7, 11) is 1.96. The molecule has 1 aliphatic carbocycles. The second-order valence-electron chi connectivity index (χ2n) is 8.27. The van der Waals surface area contributed by atoms with Gasteiger partial charge in [0.1, 0.15) is 5.82 Å². The highest BCUT2D eigenvalue weighted by Gasteiger charge is 2.33. The molecule has 1 atom stereocenters. The molecule has 0 spiro atoms. The third kappa shape index (κ3) is 3.97. The lowest BCUT2D eigenvalue weighted by Crippen LogP contribution is -2.35. The van der Waals surface area contributed by atoms with Gasteiger partial charge in [0.25, 0.3) is 6.47 Å². The first kappa shape index (κ1) is 20.9. The van der Waals surface area contributed by atoms with Crippen molar-refractivity contribution in [3.05, 3.63) is 77.3 Å². The minimum Gasteiger partial charge on any atom is -0.483 e. The standard InChI is InChI=1S/C23H23N7.CH2O2/c1-29-11-16(10-26-29)18-12-30(13-20-21(18)25-14-24-20)23-17-8-5-9-19(17)27-22(28-23)15-6-3-2-4-7-15;2-1-3/h2-4,6-7,10-11,14,18H,5,8-9,12-13H2,1H3,(H,24,25);1H,(H,2,3). The summed E-state index contributed by atoms with van der Waals surface area (Å²) in [4.78, 5) is 28.8. The Morgan fingerprint density at radius 2 is 2.00 bits per heavy atom. The fraction of sp³-hybridized carbons (Fsp3) is 0.292. The molecular formula is C24H25N7O2. The number of carboxylic acid groups (broad SMARTS) is 1. The number of aromatic amines is 1. The molecule has 0 radical (unpaired) electrons. The highest BCUT2D eigenvalue weighted by atomic mass is 16.3. The third-order valence-electron chi connectivity index (χ3n) is 6.20. The molecule has 4 aromatic rings. The van der Waals surface area contributed by atoms with Crippen LogP contribution in [0.2, 0.25) is 0 Å². The predicted octanol–water partition coefficient (Wildman–Crippen LogP) is 2.94. The Labute approximate surface area is 191 Å². The fourth-order valence-electron chi connectivity index (χ4n) is 4.76. The van der Waals surface area contributed by atoms with E-state index >= 15 is 0 Å². The molecule has 0 amide bonds. The van der Waals surface area contributed by atoms with E-state index in [1.807, 2.05) is 36.1 Å². The van der Waals surface area contributed by atoms with E-state index in [9.17, 15) is 0 Å². The molecule has 6 rings (SSSR count). The zero-order valence-electron chi connectivity index (χ0n) is 18.3. The number of hydrogen-bond donors (Lipinski definition) is 2. The minimum atomic E-state index is -0.250. The minimum absolute atomic E-state index is 0.167. The Bertz CT molecular complexity index is 1270. The predicted molar refractivity (Wildman–Crippen MR) is 123 cm³/mol. The van der Waals surface area contributed by atoms with Gasteiger partial charge in [0.2, 0.25) is 0 Å². The number of anilines is 1. The molecular weight excluding hydrogens is 418 g/mol. The number of rotatable bonds is 3. The Hall–Kier alpha value is -4.01. The van der Waals surface area contributed by atoms with Crippen LogP contribution in [-0.2, 0) is 31.2 Å². The van der Waals surface area contributed by atoms with E-state index in [1.165, 1.54) is 16.8 Å². The number of nitrogens with one attached hydrogen (secondary N) is 1. The van der Waals surface area contributed by atoms with E-state index < -0.39 is 0 Å². The number of aromatic nitrogens is 6. The van der Waals surface area contributed by atoms with E-state index in [0.717, 1.165) is 60.9 Å². The number of fused-ring (bicyclic) bond motifs is 2. The molecule has 4 heterocycles.